The van der Waals surface area contributed by atoms with Crippen molar-refractivity contribution in [2.45, 2.75) is 68.3 Å². The normalized spacial score (nSPS) is 16.0. The molecule has 0 radical (unpaired) electrons. The predicted octanol–water partition coefficient (Wildman–Crippen LogP) is 3.08. The van der Waals surface area contributed by atoms with Crippen LogP contribution in [0.15, 0.2) is 0 Å². The van der Waals surface area contributed by atoms with E-state index in [1.165, 1.54) is 0 Å². The summed E-state index contributed by atoms with van der Waals surface area (Å²) in [4.78, 5) is 0. The first kappa shape index (κ1) is 15.6. The van der Waals surface area contributed by atoms with Gasteiger partial charge in [0.05, 0.1) is 10.9 Å². The maximum atomic E-state index is 9.59. The van der Waals surface area contributed by atoms with Crippen LogP contribution in [0.25, 0.3) is 0 Å². The fraction of sp³-hybridized carbons (Fsp3) is 1.00. The SMILES string of the molecule is CC(C)SC(O)CCCC(O)SC(C)C. The van der Waals surface area contributed by atoms with Gasteiger partial charge in [0, 0.05) is 10.5 Å². The minimum absolute atomic E-state index is 0.277. The Morgan fingerprint density at radius 1 is 0.800 bits per heavy atom. The van der Waals surface area contributed by atoms with Crippen molar-refractivity contribution in [1.82, 2.24) is 0 Å². The van der Waals surface area contributed by atoms with E-state index in [1.807, 2.05) is 0 Å². The van der Waals surface area contributed by atoms with Crippen LogP contribution in [-0.2, 0) is 0 Å². The number of hydrogen-bond acceptors (Lipinski definition) is 4. The van der Waals surface area contributed by atoms with E-state index < -0.39 is 0 Å². The fourth-order valence-corrected chi connectivity index (χ4v) is 3.09. The van der Waals surface area contributed by atoms with Gasteiger partial charge in [0.1, 0.15) is 0 Å². The molecule has 2 N–H and O–H groups in total. The lowest BCUT2D eigenvalue weighted by atomic mass is 10.2. The Balaban J connectivity index is 3.44. The van der Waals surface area contributed by atoms with E-state index in [2.05, 4.69) is 27.7 Å². The summed E-state index contributed by atoms with van der Waals surface area (Å²) in [6, 6.07) is 0. The molecule has 0 fully saturated rings. The molecule has 0 aliphatic heterocycles. The van der Waals surface area contributed by atoms with Gasteiger partial charge in [0.25, 0.3) is 0 Å². The van der Waals surface area contributed by atoms with Crippen molar-refractivity contribution >= 4 is 23.5 Å². The average molecular weight is 252 g/mol. The molecule has 4 heteroatoms. The summed E-state index contributed by atoms with van der Waals surface area (Å²) in [7, 11) is 0. The predicted molar refractivity (Wildman–Crippen MR) is 71.3 cm³/mol. The molecule has 0 bridgehead atoms. The first-order chi connectivity index (χ1) is 6.91. The van der Waals surface area contributed by atoms with Gasteiger partial charge in [0.2, 0.25) is 0 Å². The van der Waals surface area contributed by atoms with Crippen molar-refractivity contribution in [2.75, 3.05) is 0 Å². The van der Waals surface area contributed by atoms with Crippen LogP contribution in [0.2, 0.25) is 0 Å². The molecule has 0 aromatic rings. The number of aliphatic hydroxyl groups is 2. The first-order valence-corrected chi connectivity index (χ1v) is 7.47. The fourth-order valence-electron chi connectivity index (χ4n) is 1.23. The summed E-state index contributed by atoms with van der Waals surface area (Å²) in [5.74, 6) is 0. The number of hydrogen-bond donors (Lipinski definition) is 2. The molecular weight excluding hydrogens is 228 g/mol. The van der Waals surface area contributed by atoms with Gasteiger partial charge in [-0.1, -0.05) is 27.7 Å². The van der Waals surface area contributed by atoms with Crippen LogP contribution in [0.4, 0.5) is 0 Å². The molecule has 0 amide bonds. The van der Waals surface area contributed by atoms with E-state index in [-0.39, 0.29) is 10.9 Å². The Hall–Kier alpha value is 0.620. The highest BCUT2D eigenvalue weighted by molar-refractivity contribution is 8.00. The molecule has 0 aromatic carbocycles. The summed E-state index contributed by atoms with van der Waals surface area (Å²) in [6.45, 7) is 8.32. The molecule has 0 saturated heterocycles. The van der Waals surface area contributed by atoms with Gasteiger partial charge in [-0.15, -0.1) is 23.5 Å². The third-order valence-corrected chi connectivity index (χ3v) is 3.95. The van der Waals surface area contributed by atoms with Gasteiger partial charge in [-0.25, -0.2) is 0 Å². The minimum atomic E-state index is -0.277. The second-order valence-electron chi connectivity index (χ2n) is 4.21. The maximum absolute atomic E-state index is 9.59. The molecule has 0 spiro atoms. The van der Waals surface area contributed by atoms with Crippen molar-refractivity contribution in [3.63, 3.8) is 0 Å². The van der Waals surface area contributed by atoms with Crippen molar-refractivity contribution in [1.29, 1.82) is 0 Å². The van der Waals surface area contributed by atoms with Gasteiger partial charge < -0.3 is 10.2 Å². The lowest BCUT2D eigenvalue weighted by Crippen LogP contribution is -2.09. The molecule has 2 unspecified atom stereocenters. The van der Waals surface area contributed by atoms with Gasteiger partial charge in [-0.3, -0.25) is 0 Å². The van der Waals surface area contributed by atoms with Gasteiger partial charge in [0.15, 0.2) is 0 Å². The van der Waals surface area contributed by atoms with Crippen molar-refractivity contribution in [3.8, 4) is 0 Å². The molecule has 2 atom stereocenters. The molecule has 0 aliphatic carbocycles. The van der Waals surface area contributed by atoms with Gasteiger partial charge >= 0.3 is 0 Å². The zero-order valence-electron chi connectivity index (χ0n) is 10.1. The largest absolute Gasteiger partial charge is 0.382 e. The van der Waals surface area contributed by atoms with Crippen molar-refractivity contribution in [3.05, 3.63) is 0 Å². The Bertz CT molecular complexity index is 136. The molecule has 92 valence electrons. The first-order valence-electron chi connectivity index (χ1n) is 5.59. The molecule has 0 aliphatic rings. The third-order valence-electron chi connectivity index (χ3n) is 1.76. The van der Waals surface area contributed by atoms with Crippen LogP contribution in [-0.4, -0.2) is 31.6 Å². The summed E-state index contributed by atoms with van der Waals surface area (Å²) in [5, 5.41) is 20.1. The number of thioether (sulfide) groups is 2. The summed E-state index contributed by atoms with van der Waals surface area (Å²) < 4.78 is 0. The van der Waals surface area contributed by atoms with E-state index in [0.29, 0.717) is 10.5 Å². The molecule has 2 nitrogen and oxygen atoms in total. The molecule has 15 heavy (non-hydrogen) atoms. The Morgan fingerprint density at radius 3 is 1.40 bits per heavy atom. The lowest BCUT2D eigenvalue weighted by molar-refractivity contribution is 0.220. The second-order valence-corrected chi connectivity index (χ2v) is 7.73. The van der Waals surface area contributed by atoms with Gasteiger partial charge in [-0.2, -0.15) is 0 Å². The average Bonchev–Trinajstić information content (AvgIpc) is 2.00. The Morgan fingerprint density at radius 2 is 1.13 bits per heavy atom. The van der Waals surface area contributed by atoms with Crippen LogP contribution in [0, 0.1) is 0 Å². The zero-order valence-corrected chi connectivity index (χ0v) is 11.8. The molecule has 0 saturated carbocycles. The zero-order chi connectivity index (χ0) is 11.8. The quantitative estimate of drug-likeness (QED) is 0.651. The van der Waals surface area contributed by atoms with Crippen LogP contribution >= 0.6 is 23.5 Å². The number of rotatable bonds is 8. The van der Waals surface area contributed by atoms with E-state index >= 15 is 0 Å². The monoisotopic (exact) mass is 252 g/mol. The van der Waals surface area contributed by atoms with Crippen LogP contribution in [0.3, 0.4) is 0 Å². The van der Waals surface area contributed by atoms with Crippen LogP contribution in [0.1, 0.15) is 47.0 Å². The highest BCUT2D eigenvalue weighted by Gasteiger charge is 2.10. The molecular formula is C11H24O2S2. The van der Waals surface area contributed by atoms with Crippen molar-refractivity contribution < 1.29 is 10.2 Å². The van der Waals surface area contributed by atoms with Crippen molar-refractivity contribution in [2.24, 2.45) is 0 Å². The minimum Gasteiger partial charge on any atom is -0.382 e. The lowest BCUT2D eigenvalue weighted by Gasteiger charge is -2.15. The highest BCUT2D eigenvalue weighted by atomic mass is 32.2. The van der Waals surface area contributed by atoms with E-state index in [4.69, 9.17) is 0 Å². The summed E-state index contributed by atoms with van der Waals surface area (Å²) in [6.07, 6.45) is 2.44. The molecule has 0 heterocycles. The summed E-state index contributed by atoms with van der Waals surface area (Å²) >= 11 is 3.17. The molecule has 0 aromatic heterocycles. The highest BCUT2D eigenvalue weighted by Crippen LogP contribution is 2.23. The maximum Gasteiger partial charge on any atom is 0.0995 e. The van der Waals surface area contributed by atoms with E-state index in [9.17, 15) is 10.2 Å². The van der Waals surface area contributed by atoms with E-state index in [1.54, 1.807) is 23.5 Å². The Kier molecular flexibility index (Phi) is 9.10. The van der Waals surface area contributed by atoms with E-state index in [0.717, 1.165) is 19.3 Å². The summed E-state index contributed by atoms with van der Waals surface area (Å²) in [5.41, 5.74) is -0.553. The van der Waals surface area contributed by atoms with Crippen LogP contribution < -0.4 is 0 Å². The number of aliphatic hydroxyl groups excluding tert-OH is 2. The standard InChI is InChI=1S/C11H24O2S2/c1-8(2)14-10(12)6-5-7-11(13)15-9(3)4/h8-13H,5-7H2,1-4H3. The molecule has 0 rings (SSSR count). The van der Waals surface area contributed by atoms with Gasteiger partial charge in [-0.05, 0) is 19.3 Å². The smallest absolute Gasteiger partial charge is 0.0995 e. The Labute approximate surface area is 102 Å². The second kappa shape index (κ2) is 8.74. The topological polar surface area (TPSA) is 40.5 Å². The van der Waals surface area contributed by atoms with Crippen LogP contribution in [0.5, 0.6) is 0 Å². The third kappa shape index (κ3) is 10.9.